The molecule has 0 saturated heterocycles. The summed E-state index contributed by atoms with van der Waals surface area (Å²) in [5, 5.41) is 0. The Morgan fingerprint density at radius 3 is 1.14 bits per heavy atom. The molecule has 0 aromatic carbocycles. The first-order valence-electron chi connectivity index (χ1n) is 13.0. The zero-order chi connectivity index (χ0) is 29.2. The van der Waals surface area contributed by atoms with Crippen LogP contribution in [0.3, 0.4) is 0 Å². The minimum Gasteiger partial charge on any atom is -0.202 e. The van der Waals surface area contributed by atoms with E-state index in [0.29, 0.717) is 0 Å². The summed E-state index contributed by atoms with van der Waals surface area (Å²) in [5.41, 5.74) is -12.3. The van der Waals surface area contributed by atoms with Gasteiger partial charge >= 0.3 is 173 Å². The fourth-order valence-electron chi connectivity index (χ4n) is 4.01. The molecule has 5 nitrogen and oxygen atoms in total. The molecule has 0 saturated carbocycles. The van der Waals surface area contributed by atoms with Crippen molar-refractivity contribution in [2.24, 2.45) is 0 Å². The van der Waals surface area contributed by atoms with Crippen LogP contribution in [0.2, 0.25) is 0 Å². The van der Waals surface area contributed by atoms with Crippen molar-refractivity contribution >= 4 is 27.3 Å². The van der Waals surface area contributed by atoms with Crippen LogP contribution in [0, 0.1) is 0 Å². The first kappa shape index (κ1) is 38.8. The molecule has 0 radical (unpaired) electrons. The molecule has 0 unspecified atom stereocenters. The maximum atomic E-state index is 11.5. The standard InChI is InChI=1S/C21H45P.C2HF6NO4S2/c1-5-9-12-15-19-22(18-8-4,20-16-13-10-6-2)21-17-14-11-7-3;3-1(4,5)14(10,11)9-15(12,13)2(6,7)8/h8,22H,4-7,9-21H2,1-3H3;9H. The summed E-state index contributed by atoms with van der Waals surface area (Å²) < 4.78 is 108. The maximum absolute atomic E-state index is 11.5. The molecular weight excluding hydrogens is 563 g/mol. The Labute approximate surface area is 220 Å². The predicted octanol–water partition coefficient (Wildman–Crippen LogP) is 7.94. The molecule has 0 aromatic rings. The quantitative estimate of drug-likeness (QED) is 0.0698. The molecule has 0 aliphatic heterocycles. The molecule has 0 atom stereocenters. The van der Waals surface area contributed by atoms with Gasteiger partial charge in [-0.05, 0) is 0 Å². The van der Waals surface area contributed by atoms with Crippen molar-refractivity contribution in [2.45, 2.75) is 109 Å². The van der Waals surface area contributed by atoms with Gasteiger partial charge in [0.2, 0.25) is 0 Å². The van der Waals surface area contributed by atoms with Crippen LogP contribution in [0.25, 0.3) is 0 Å². The van der Waals surface area contributed by atoms with Gasteiger partial charge in [0.25, 0.3) is 0 Å². The van der Waals surface area contributed by atoms with Crippen molar-refractivity contribution in [1.29, 1.82) is 0 Å². The number of allylic oxidation sites excluding steroid dienone is 1. The topological polar surface area (TPSA) is 80.3 Å². The van der Waals surface area contributed by atoms with Crippen molar-refractivity contribution in [1.82, 2.24) is 4.13 Å². The van der Waals surface area contributed by atoms with Gasteiger partial charge in [-0.15, -0.1) is 0 Å². The Hall–Kier alpha value is -0.390. The second-order valence-electron chi connectivity index (χ2n) is 9.41. The van der Waals surface area contributed by atoms with Gasteiger partial charge in [0, 0.05) is 0 Å². The molecule has 0 aliphatic rings. The zero-order valence-corrected chi connectivity index (χ0v) is 24.9. The molecule has 0 amide bonds. The van der Waals surface area contributed by atoms with Crippen LogP contribution in [0.15, 0.2) is 12.7 Å². The molecule has 0 heterocycles. The van der Waals surface area contributed by atoms with Crippen LogP contribution in [0.4, 0.5) is 26.3 Å². The van der Waals surface area contributed by atoms with Crippen molar-refractivity contribution in [3.05, 3.63) is 12.7 Å². The summed E-state index contributed by atoms with van der Waals surface area (Å²) in [5.74, 6) is 0. The van der Waals surface area contributed by atoms with Gasteiger partial charge in [0.15, 0.2) is 0 Å². The molecule has 0 spiro atoms. The molecular formula is C23H46F6NO4PS2. The third kappa shape index (κ3) is 17.0. The van der Waals surface area contributed by atoms with Crippen LogP contribution in [-0.2, 0) is 20.0 Å². The fraction of sp³-hybridized carbons (Fsp3) is 0.913. The Kier molecular flexibility index (Phi) is 19.7. The van der Waals surface area contributed by atoms with Crippen molar-refractivity contribution < 1.29 is 43.2 Å². The number of hydrogen-bond acceptors (Lipinski definition) is 4. The Balaban J connectivity index is 0. The number of hydrogen-bond donors (Lipinski definition) is 1. The third-order valence-corrected chi connectivity index (χ3v) is 14.5. The number of unbranched alkanes of at least 4 members (excludes halogenated alkanes) is 9. The van der Waals surface area contributed by atoms with Gasteiger partial charge in [-0.25, -0.2) is 16.8 Å². The monoisotopic (exact) mass is 609 g/mol. The first-order chi connectivity index (χ1) is 16.9. The summed E-state index contributed by atoms with van der Waals surface area (Å²) in [6.07, 6.45) is 25.7. The van der Waals surface area contributed by atoms with E-state index in [0.717, 1.165) is 0 Å². The molecule has 0 rings (SSSR count). The average molecular weight is 610 g/mol. The van der Waals surface area contributed by atoms with Gasteiger partial charge in [0.05, 0.1) is 0 Å². The van der Waals surface area contributed by atoms with Crippen LogP contribution < -0.4 is 4.13 Å². The van der Waals surface area contributed by atoms with E-state index >= 15 is 0 Å². The summed E-state index contributed by atoms with van der Waals surface area (Å²) in [7, 11) is -14.3. The van der Waals surface area contributed by atoms with E-state index in [1.807, 2.05) is 0 Å². The molecule has 226 valence electrons. The number of sulfonamides is 2. The minimum absolute atomic E-state index is 0.493. The smallest absolute Gasteiger partial charge is 0.202 e. The number of nitrogens with one attached hydrogen (secondary N) is 1. The SMILES string of the molecule is C=CC[PH](CCCCCC)(CCCCCC)CCCCCC.O=S(=O)(NS(=O)(=O)C(F)(F)F)C(F)(F)F. The van der Waals surface area contributed by atoms with Crippen LogP contribution >= 0.6 is 7.26 Å². The Bertz CT molecular complexity index is 743. The molecule has 0 aliphatic carbocycles. The van der Waals surface area contributed by atoms with Gasteiger partial charge < -0.3 is 0 Å². The Morgan fingerprint density at radius 2 is 0.919 bits per heavy atom. The van der Waals surface area contributed by atoms with Crippen LogP contribution in [-0.4, -0.2) is 52.5 Å². The van der Waals surface area contributed by atoms with Crippen LogP contribution in [0.1, 0.15) is 97.8 Å². The maximum Gasteiger partial charge on any atom is 0.512 e. The third-order valence-electron chi connectivity index (χ3n) is 6.09. The fourth-order valence-corrected chi connectivity index (χ4v) is 10.9. The number of rotatable bonds is 19. The normalized spacial score (nSPS) is 13.6. The molecule has 14 heteroatoms. The van der Waals surface area contributed by atoms with E-state index in [2.05, 4.69) is 33.4 Å². The van der Waals surface area contributed by atoms with Crippen LogP contribution in [0.5, 0.6) is 0 Å². The predicted molar refractivity (Wildman–Crippen MR) is 143 cm³/mol. The van der Waals surface area contributed by atoms with Crippen molar-refractivity contribution in [3.8, 4) is 0 Å². The number of alkyl halides is 6. The molecule has 37 heavy (non-hydrogen) atoms. The summed E-state index contributed by atoms with van der Waals surface area (Å²) in [6.45, 7) is 11.1. The van der Waals surface area contributed by atoms with Gasteiger partial charge in [-0.2, -0.15) is 26.3 Å². The van der Waals surface area contributed by atoms with E-state index in [1.165, 1.54) is 83.2 Å². The summed E-state index contributed by atoms with van der Waals surface area (Å²) in [4.78, 5) is 0. The molecule has 0 aromatic heterocycles. The van der Waals surface area contributed by atoms with E-state index in [4.69, 9.17) is 0 Å². The van der Waals surface area contributed by atoms with E-state index in [-0.39, 0.29) is 0 Å². The molecule has 0 bridgehead atoms. The Morgan fingerprint density at radius 1 is 0.622 bits per heavy atom. The largest absolute Gasteiger partial charge is 0.512 e. The summed E-state index contributed by atoms with van der Waals surface area (Å²) >= 11 is 0. The van der Waals surface area contributed by atoms with Gasteiger partial charge in [-0.1, -0.05) is 4.13 Å². The molecule has 1 N–H and O–H groups in total. The number of halogens is 6. The second-order valence-corrected chi connectivity index (χ2v) is 17.9. The zero-order valence-electron chi connectivity index (χ0n) is 22.3. The second kappa shape index (κ2) is 18.8. The minimum atomic E-state index is -6.60. The first-order valence-corrected chi connectivity index (χ1v) is 18.8. The van der Waals surface area contributed by atoms with Crippen molar-refractivity contribution in [3.63, 3.8) is 0 Å². The van der Waals surface area contributed by atoms with Gasteiger partial charge in [0.1, 0.15) is 0 Å². The van der Waals surface area contributed by atoms with E-state index in [9.17, 15) is 43.2 Å². The van der Waals surface area contributed by atoms with Gasteiger partial charge in [-0.3, -0.25) is 0 Å². The molecule has 0 fully saturated rings. The van der Waals surface area contributed by atoms with E-state index < -0.39 is 42.5 Å². The summed E-state index contributed by atoms with van der Waals surface area (Å²) in [6, 6.07) is 0. The van der Waals surface area contributed by atoms with E-state index in [1.54, 1.807) is 18.5 Å². The van der Waals surface area contributed by atoms with Crippen molar-refractivity contribution in [2.75, 3.05) is 24.6 Å². The average Bonchev–Trinajstić information content (AvgIpc) is 2.76.